The highest BCUT2D eigenvalue weighted by Gasteiger charge is 2.34. The Kier molecular flexibility index (Phi) is 2.29. The summed E-state index contributed by atoms with van der Waals surface area (Å²) in [5.74, 6) is -0.455. The topological polar surface area (TPSA) is 46.5 Å². The highest BCUT2D eigenvalue weighted by Crippen LogP contribution is 2.25. The molecule has 0 saturated carbocycles. The molecule has 1 rings (SSSR count). The van der Waals surface area contributed by atoms with Crippen molar-refractivity contribution in [1.29, 1.82) is 0 Å². The van der Waals surface area contributed by atoms with E-state index in [4.69, 9.17) is 9.84 Å². The predicted molar refractivity (Wildman–Crippen MR) is 39.9 cm³/mol. The van der Waals surface area contributed by atoms with E-state index < -0.39 is 0 Å². The Morgan fingerprint density at radius 2 is 2.55 bits per heavy atom. The van der Waals surface area contributed by atoms with Gasteiger partial charge < -0.3 is 9.84 Å². The number of hydrogen-bond acceptors (Lipinski definition) is 3. The predicted octanol–water partition coefficient (Wildman–Crippen LogP) is 0.486. The van der Waals surface area contributed by atoms with Crippen molar-refractivity contribution in [2.75, 3.05) is 6.61 Å². The fraction of sp³-hybridized carbons (Fsp3) is 0.625. The summed E-state index contributed by atoms with van der Waals surface area (Å²) in [6.45, 7) is 5.38. The molecule has 1 fully saturated rings. The molecule has 2 atom stereocenters. The van der Waals surface area contributed by atoms with E-state index in [9.17, 15) is 4.79 Å². The Hall–Kier alpha value is -0.830. The summed E-state index contributed by atoms with van der Waals surface area (Å²) in [7, 11) is 0. The molecule has 1 saturated heterocycles. The van der Waals surface area contributed by atoms with E-state index in [0.29, 0.717) is 6.42 Å². The minimum Gasteiger partial charge on any atom is -0.459 e. The second-order valence-electron chi connectivity index (χ2n) is 2.88. The maximum absolute atomic E-state index is 11.0. The lowest BCUT2D eigenvalue weighted by molar-refractivity contribution is -0.144. The van der Waals surface area contributed by atoms with Gasteiger partial charge in [0.1, 0.15) is 6.10 Å². The van der Waals surface area contributed by atoms with Gasteiger partial charge in [-0.15, -0.1) is 0 Å². The SMILES string of the molecule is C=C(C)[C@@H]1C[C@@H](CO)OC1=O. The van der Waals surface area contributed by atoms with E-state index in [2.05, 4.69) is 6.58 Å². The zero-order chi connectivity index (χ0) is 8.43. The minimum atomic E-state index is -0.316. The summed E-state index contributed by atoms with van der Waals surface area (Å²) in [4.78, 5) is 11.0. The molecule has 1 aliphatic heterocycles. The van der Waals surface area contributed by atoms with E-state index >= 15 is 0 Å². The van der Waals surface area contributed by atoms with Gasteiger partial charge in [0, 0.05) is 6.42 Å². The Labute approximate surface area is 65.7 Å². The third-order valence-electron chi connectivity index (χ3n) is 1.86. The van der Waals surface area contributed by atoms with Crippen molar-refractivity contribution in [2.45, 2.75) is 19.4 Å². The normalized spacial score (nSPS) is 30.2. The van der Waals surface area contributed by atoms with E-state index in [1.807, 2.05) is 0 Å². The van der Waals surface area contributed by atoms with E-state index in [-0.39, 0.29) is 24.6 Å². The molecule has 0 aromatic rings. The molecule has 0 amide bonds. The van der Waals surface area contributed by atoms with Gasteiger partial charge in [-0.2, -0.15) is 0 Å². The van der Waals surface area contributed by atoms with Gasteiger partial charge in [0.2, 0.25) is 0 Å². The maximum atomic E-state index is 11.0. The number of hydrogen-bond donors (Lipinski definition) is 1. The van der Waals surface area contributed by atoms with Crippen LogP contribution < -0.4 is 0 Å². The third kappa shape index (κ3) is 1.60. The zero-order valence-electron chi connectivity index (χ0n) is 6.54. The number of rotatable bonds is 2. The first kappa shape index (κ1) is 8.27. The molecule has 3 heteroatoms. The van der Waals surface area contributed by atoms with Crippen molar-refractivity contribution in [3.8, 4) is 0 Å². The highest BCUT2D eigenvalue weighted by atomic mass is 16.6. The third-order valence-corrected chi connectivity index (χ3v) is 1.86. The lowest BCUT2D eigenvalue weighted by Gasteiger charge is -2.01. The van der Waals surface area contributed by atoms with Gasteiger partial charge in [-0.25, -0.2) is 0 Å². The van der Waals surface area contributed by atoms with E-state index in [1.54, 1.807) is 6.92 Å². The molecule has 62 valence electrons. The largest absolute Gasteiger partial charge is 0.459 e. The van der Waals surface area contributed by atoms with Gasteiger partial charge in [-0.1, -0.05) is 12.2 Å². The summed E-state index contributed by atoms with van der Waals surface area (Å²) in [5, 5.41) is 8.68. The molecule has 0 unspecified atom stereocenters. The van der Waals surface area contributed by atoms with Crippen LogP contribution in [0, 0.1) is 5.92 Å². The van der Waals surface area contributed by atoms with Crippen molar-refractivity contribution in [1.82, 2.24) is 0 Å². The summed E-state index contributed by atoms with van der Waals surface area (Å²) < 4.78 is 4.83. The van der Waals surface area contributed by atoms with Crippen LogP contribution in [0.2, 0.25) is 0 Å². The second kappa shape index (κ2) is 3.05. The fourth-order valence-electron chi connectivity index (χ4n) is 1.17. The van der Waals surface area contributed by atoms with Crippen molar-refractivity contribution >= 4 is 5.97 Å². The van der Waals surface area contributed by atoms with Crippen LogP contribution in [0.25, 0.3) is 0 Å². The molecular formula is C8H12O3. The smallest absolute Gasteiger partial charge is 0.313 e. The molecule has 1 heterocycles. The molecule has 0 aromatic heterocycles. The highest BCUT2D eigenvalue weighted by molar-refractivity contribution is 5.77. The first-order chi connectivity index (χ1) is 5.15. The average molecular weight is 156 g/mol. The Balaban J connectivity index is 2.59. The molecular weight excluding hydrogens is 144 g/mol. The van der Waals surface area contributed by atoms with Crippen LogP contribution in [-0.4, -0.2) is 23.8 Å². The number of carbonyl (C=O) groups is 1. The first-order valence-corrected chi connectivity index (χ1v) is 3.62. The molecule has 0 aliphatic carbocycles. The van der Waals surface area contributed by atoms with Gasteiger partial charge in [-0.05, 0) is 6.92 Å². The van der Waals surface area contributed by atoms with Gasteiger partial charge in [0.25, 0.3) is 0 Å². The number of aliphatic hydroxyl groups excluding tert-OH is 1. The average Bonchev–Trinajstić information content (AvgIpc) is 2.30. The molecule has 3 nitrogen and oxygen atoms in total. The summed E-state index contributed by atoms with van der Waals surface area (Å²) >= 11 is 0. The molecule has 1 aliphatic rings. The summed E-state index contributed by atoms with van der Waals surface area (Å²) in [5.41, 5.74) is 0.811. The number of esters is 1. The Morgan fingerprint density at radius 1 is 1.91 bits per heavy atom. The number of aliphatic hydroxyl groups is 1. The van der Waals surface area contributed by atoms with Gasteiger partial charge in [0.05, 0.1) is 12.5 Å². The zero-order valence-corrected chi connectivity index (χ0v) is 6.54. The van der Waals surface area contributed by atoms with Crippen LogP contribution in [0.1, 0.15) is 13.3 Å². The van der Waals surface area contributed by atoms with Crippen LogP contribution in [0.3, 0.4) is 0 Å². The second-order valence-corrected chi connectivity index (χ2v) is 2.88. The summed E-state index contributed by atoms with van der Waals surface area (Å²) in [6.07, 6.45) is 0.259. The van der Waals surface area contributed by atoms with Crippen molar-refractivity contribution < 1.29 is 14.6 Å². The molecule has 0 radical (unpaired) electrons. The number of cyclic esters (lactones) is 1. The maximum Gasteiger partial charge on any atom is 0.313 e. The number of carbonyl (C=O) groups excluding carboxylic acids is 1. The standard InChI is InChI=1S/C8H12O3/c1-5(2)7-3-6(4-9)11-8(7)10/h6-7,9H,1,3-4H2,2H3/t6-,7-/m0/s1. The van der Waals surface area contributed by atoms with Crippen LogP contribution in [0.5, 0.6) is 0 Å². The fourth-order valence-corrected chi connectivity index (χ4v) is 1.17. The lowest BCUT2D eigenvalue weighted by Crippen LogP contribution is -2.10. The van der Waals surface area contributed by atoms with E-state index in [0.717, 1.165) is 5.57 Å². The van der Waals surface area contributed by atoms with Crippen LogP contribution in [0.4, 0.5) is 0 Å². The van der Waals surface area contributed by atoms with Crippen molar-refractivity contribution in [3.63, 3.8) is 0 Å². The molecule has 1 N–H and O–H groups in total. The molecule has 0 aromatic carbocycles. The van der Waals surface area contributed by atoms with Gasteiger partial charge in [0.15, 0.2) is 0 Å². The minimum absolute atomic E-state index is 0.0878. The molecule has 11 heavy (non-hydrogen) atoms. The molecule has 0 spiro atoms. The van der Waals surface area contributed by atoms with Gasteiger partial charge in [-0.3, -0.25) is 4.79 Å². The quantitative estimate of drug-likeness (QED) is 0.467. The van der Waals surface area contributed by atoms with Crippen molar-refractivity contribution in [2.24, 2.45) is 5.92 Å². The number of ether oxygens (including phenoxy) is 1. The van der Waals surface area contributed by atoms with Crippen LogP contribution in [-0.2, 0) is 9.53 Å². The van der Waals surface area contributed by atoms with Crippen molar-refractivity contribution in [3.05, 3.63) is 12.2 Å². The van der Waals surface area contributed by atoms with E-state index in [1.165, 1.54) is 0 Å². The first-order valence-electron chi connectivity index (χ1n) is 3.62. The Morgan fingerprint density at radius 3 is 2.82 bits per heavy atom. The van der Waals surface area contributed by atoms with Crippen LogP contribution in [0.15, 0.2) is 12.2 Å². The van der Waals surface area contributed by atoms with Crippen LogP contribution >= 0.6 is 0 Å². The van der Waals surface area contributed by atoms with Gasteiger partial charge >= 0.3 is 5.97 Å². The molecule has 0 bridgehead atoms. The summed E-state index contributed by atoms with van der Waals surface area (Å²) in [6, 6.07) is 0. The lowest BCUT2D eigenvalue weighted by atomic mass is 9.98. The monoisotopic (exact) mass is 156 g/mol. The Bertz CT molecular complexity index is 186.